The topological polar surface area (TPSA) is 117 Å². The molecule has 0 unspecified atom stereocenters. The average Bonchev–Trinajstić information content (AvgIpc) is 3.33. The van der Waals surface area contributed by atoms with E-state index in [9.17, 15) is 44.4 Å². The SMILES string of the molecule is CS(=O)(=O)N1CC[C@H](Nc2ncc(C(F)(F)F)c(-c3cn(-c4ccc(C(F)(F)F)cc4C#N)cn3)n2)[C@H](F)C1. The van der Waals surface area contributed by atoms with E-state index in [0.29, 0.717) is 18.3 Å². The van der Waals surface area contributed by atoms with Crippen LogP contribution in [0.4, 0.5) is 36.7 Å². The Bertz CT molecular complexity index is 1530. The summed E-state index contributed by atoms with van der Waals surface area (Å²) in [6.07, 6.45) is -7.88. The molecule has 0 aliphatic carbocycles. The fourth-order valence-electron chi connectivity index (χ4n) is 3.96. The second-order valence-corrected chi connectivity index (χ2v) is 10.6. The van der Waals surface area contributed by atoms with Gasteiger partial charge in [-0.1, -0.05) is 0 Å². The Morgan fingerprint density at radius 1 is 1.13 bits per heavy atom. The van der Waals surface area contributed by atoms with Crippen molar-refractivity contribution in [2.75, 3.05) is 24.7 Å². The third-order valence-corrected chi connectivity index (χ3v) is 7.20. The molecule has 0 bridgehead atoms. The van der Waals surface area contributed by atoms with Crippen molar-refractivity contribution in [1.82, 2.24) is 23.8 Å². The van der Waals surface area contributed by atoms with Crippen LogP contribution in [-0.2, 0) is 22.4 Å². The molecular weight excluding hydrogens is 559 g/mol. The highest BCUT2D eigenvalue weighted by Crippen LogP contribution is 2.36. The monoisotopic (exact) mass is 577 g/mol. The molecule has 0 spiro atoms. The van der Waals surface area contributed by atoms with Crippen LogP contribution < -0.4 is 5.32 Å². The predicted octanol–water partition coefficient (Wildman–Crippen LogP) is 4.02. The number of piperidine rings is 1. The Morgan fingerprint density at radius 2 is 1.85 bits per heavy atom. The standard InChI is InChI=1S/C22H18F7N7O2S/c1-39(37,38)36-5-4-16(15(23)9-36)33-20-31-8-14(22(27,28)29)19(34-20)17-10-35(11-32-17)18-3-2-13(21(24,25)26)6-12(18)7-30/h2-3,6,8,10-11,15-16H,4-5,9H2,1H3,(H,31,33,34)/t15-,16+/m1/s1. The Morgan fingerprint density at radius 3 is 2.44 bits per heavy atom. The van der Waals surface area contributed by atoms with Gasteiger partial charge in [-0.3, -0.25) is 0 Å². The summed E-state index contributed by atoms with van der Waals surface area (Å²) >= 11 is 0. The molecule has 9 nitrogen and oxygen atoms in total. The zero-order chi connectivity index (χ0) is 28.8. The largest absolute Gasteiger partial charge is 0.420 e. The fourth-order valence-corrected chi connectivity index (χ4v) is 4.81. The van der Waals surface area contributed by atoms with Crippen molar-refractivity contribution in [3.63, 3.8) is 0 Å². The van der Waals surface area contributed by atoms with E-state index in [4.69, 9.17) is 0 Å². The second kappa shape index (κ2) is 10.1. The molecule has 1 aliphatic heterocycles. The van der Waals surface area contributed by atoms with Crippen LogP contribution in [0.5, 0.6) is 0 Å². The molecule has 1 saturated heterocycles. The highest BCUT2D eigenvalue weighted by molar-refractivity contribution is 7.88. The van der Waals surface area contributed by atoms with Crippen molar-refractivity contribution in [2.45, 2.75) is 31.0 Å². The molecule has 1 aliphatic rings. The average molecular weight is 577 g/mol. The van der Waals surface area contributed by atoms with Crippen LogP contribution in [0.25, 0.3) is 17.1 Å². The molecule has 1 N–H and O–H groups in total. The lowest BCUT2D eigenvalue weighted by molar-refractivity contribution is -0.138. The molecule has 1 aromatic carbocycles. The van der Waals surface area contributed by atoms with Crippen LogP contribution in [0.15, 0.2) is 36.9 Å². The van der Waals surface area contributed by atoms with Gasteiger partial charge >= 0.3 is 12.4 Å². The molecule has 4 rings (SSSR count). The van der Waals surface area contributed by atoms with Gasteiger partial charge in [0.05, 0.1) is 29.1 Å². The van der Waals surface area contributed by atoms with Gasteiger partial charge in [-0.05, 0) is 24.6 Å². The summed E-state index contributed by atoms with van der Waals surface area (Å²) in [5.74, 6) is -0.375. The first kappa shape index (κ1) is 28.2. The van der Waals surface area contributed by atoms with E-state index in [0.717, 1.165) is 33.7 Å². The van der Waals surface area contributed by atoms with Gasteiger partial charge in [-0.25, -0.2) is 27.8 Å². The normalized spacial score (nSPS) is 19.1. The number of hydrogen-bond acceptors (Lipinski definition) is 7. The minimum Gasteiger partial charge on any atom is -0.348 e. The molecule has 208 valence electrons. The van der Waals surface area contributed by atoms with Crippen LogP contribution in [0.3, 0.4) is 0 Å². The van der Waals surface area contributed by atoms with E-state index in [1.54, 1.807) is 6.07 Å². The first-order valence-corrected chi connectivity index (χ1v) is 12.9. The van der Waals surface area contributed by atoms with Gasteiger partial charge in [0, 0.05) is 25.5 Å². The van der Waals surface area contributed by atoms with Crippen molar-refractivity contribution in [1.29, 1.82) is 5.26 Å². The van der Waals surface area contributed by atoms with Gasteiger partial charge in [-0.15, -0.1) is 0 Å². The van der Waals surface area contributed by atoms with Gasteiger partial charge in [0.1, 0.15) is 35.5 Å². The summed E-state index contributed by atoms with van der Waals surface area (Å²) in [5, 5.41) is 11.9. The summed E-state index contributed by atoms with van der Waals surface area (Å²) < 4.78 is 120. The zero-order valence-corrected chi connectivity index (χ0v) is 20.6. The number of alkyl halides is 7. The van der Waals surface area contributed by atoms with Gasteiger partial charge in [-0.2, -0.15) is 35.9 Å². The number of rotatable bonds is 5. The van der Waals surface area contributed by atoms with Gasteiger partial charge in [0.25, 0.3) is 0 Å². The second-order valence-electron chi connectivity index (χ2n) is 8.64. The lowest BCUT2D eigenvalue weighted by atomic mass is 10.1. The van der Waals surface area contributed by atoms with Crippen LogP contribution in [0, 0.1) is 11.3 Å². The van der Waals surface area contributed by atoms with E-state index in [1.807, 2.05) is 0 Å². The Balaban J connectivity index is 1.67. The molecule has 2 atom stereocenters. The maximum Gasteiger partial charge on any atom is 0.420 e. The number of anilines is 1. The van der Waals surface area contributed by atoms with Crippen molar-refractivity contribution < 1.29 is 39.2 Å². The third-order valence-electron chi connectivity index (χ3n) is 5.93. The lowest BCUT2D eigenvalue weighted by Crippen LogP contribution is -2.49. The van der Waals surface area contributed by atoms with E-state index in [2.05, 4.69) is 20.3 Å². The van der Waals surface area contributed by atoms with Gasteiger partial charge in [0.15, 0.2) is 0 Å². The number of halogens is 7. The van der Waals surface area contributed by atoms with Crippen molar-refractivity contribution in [3.05, 3.63) is 53.6 Å². The van der Waals surface area contributed by atoms with Crippen molar-refractivity contribution in [3.8, 4) is 23.1 Å². The molecule has 2 aromatic heterocycles. The molecule has 1 fully saturated rings. The molecular formula is C22H18F7N7O2S. The Labute approximate surface area is 217 Å². The number of nitriles is 1. The number of nitrogens with one attached hydrogen (secondary N) is 1. The summed E-state index contributed by atoms with van der Waals surface area (Å²) in [5.41, 5.74) is -3.88. The summed E-state index contributed by atoms with van der Waals surface area (Å²) in [6.45, 7) is -0.480. The molecule has 0 radical (unpaired) electrons. The van der Waals surface area contributed by atoms with E-state index in [-0.39, 0.29) is 30.3 Å². The molecule has 3 aromatic rings. The molecule has 0 saturated carbocycles. The highest BCUT2D eigenvalue weighted by Gasteiger charge is 2.38. The third kappa shape index (κ3) is 6.11. The molecule has 3 heterocycles. The molecule has 39 heavy (non-hydrogen) atoms. The predicted molar refractivity (Wildman–Crippen MR) is 123 cm³/mol. The quantitative estimate of drug-likeness (QED) is 0.456. The van der Waals surface area contributed by atoms with E-state index in [1.165, 1.54) is 0 Å². The van der Waals surface area contributed by atoms with Crippen molar-refractivity contribution in [2.24, 2.45) is 0 Å². The Hall–Kier alpha value is -3.78. The smallest absolute Gasteiger partial charge is 0.348 e. The van der Waals surface area contributed by atoms with Crippen LogP contribution in [-0.4, -0.2) is 63.8 Å². The number of hydrogen-bond donors (Lipinski definition) is 1. The lowest BCUT2D eigenvalue weighted by Gasteiger charge is -2.33. The summed E-state index contributed by atoms with van der Waals surface area (Å²) in [4.78, 5) is 11.4. The summed E-state index contributed by atoms with van der Waals surface area (Å²) in [6, 6.07) is 2.93. The number of sulfonamides is 1. The van der Waals surface area contributed by atoms with Crippen LogP contribution in [0.2, 0.25) is 0 Å². The molecule has 0 amide bonds. The summed E-state index contributed by atoms with van der Waals surface area (Å²) in [7, 11) is -3.63. The van der Waals surface area contributed by atoms with Crippen LogP contribution >= 0.6 is 0 Å². The van der Waals surface area contributed by atoms with Crippen LogP contribution in [0.1, 0.15) is 23.1 Å². The number of aromatic nitrogens is 4. The van der Waals surface area contributed by atoms with E-state index < -0.39 is 63.5 Å². The number of nitrogens with zero attached hydrogens (tertiary/aromatic N) is 6. The minimum absolute atomic E-state index is 0.00651. The van der Waals surface area contributed by atoms with Gasteiger partial charge < -0.3 is 9.88 Å². The zero-order valence-electron chi connectivity index (χ0n) is 19.8. The first-order chi connectivity index (χ1) is 18.1. The van der Waals surface area contributed by atoms with E-state index >= 15 is 0 Å². The Kier molecular flexibility index (Phi) is 7.29. The highest BCUT2D eigenvalue weighted by atomic mass is 32.2. The maximum absolute atomic E-state index is 14.7. The molecule has 17 heteroatoms. The number of benzene rings is 1. The minimum atomic E-state index is -4.92. The number of imidazole rings is 1. The van der Waals surface area contributed by atoms with Gasteiger partial charge in [0.2, 0.25) is 16.0 Å². The fraction of sp³-hybridized carbons (Fsp3) is 0.364. The maximum atomic E-state index is 14.7. The van der Waals surface area contributed by atoms with Crippen molar-refractivity contribution >= 4 is 16.0 Å². The first-order valence-electron chi connectivity index (χ1n) is 11.0.